The quantitative estimate of drug-likeness (QED) is 0.705. The van der Waals surface area contributed by atoms with E-state index in [9.17, 15) is 9.59 Å². The number of carboxylic acids is 1. The van der Waals surface area contributed by atoms with Gasteiger partial charge in [0.2, 0.25) is 5.91 Å². The van der Waals surface area contributed by atoms with Crippen LogP contribution in [-0.2, 0) is 16.6 Å². The van der Waals surface area contributed by atoms with Gasteiger partial charge in [0.15, 0.2) is 0 Å². The third kappa shape index (κ3) is 3.56. The summed E-state index contributed by atoms with van der Waals surface area (Å²) in [5.41, 5.74) is 0.778. The van der Waals surface area contributed by atoms with Crippen molar-refractivity contribution in [3.05, 3.63) is 24.0 Å². The number of rotatable bonds is 4. The average Bonchev–Trinajstić information content (AvgIpc) is 2.61. The summed E-state index contributed by atoms with van der Waals surface area (Å²) in [5.74, 6) is -1.51. The second kappa shape index (κ2) is 5.11. The molecule has 86 valence electrons. The third-order valence-corrected chi connectivity index (χ3v) is 1.88. The van der Waals surface area contributed by atoms with Gasteiger partial charge in [-0.05, 0) is 13.0 Å². The molecule has 1 atom stereocenters. The summed E-state index contributed by atoms with van der Waals surface area (Å²) < 4.78 is 1.61. The lowest BCUT2D eigenvalue weighted by atomic mass is 10.3. The van der Waals surface area contributed by atoms with E-state index in [4.69, 9.17) is 5.11 Å². The van der Waals surface area contributed by atoms with Crippen molar-refractivity contribution in [2.75, 3.05) is 0 Å². The number of aliphatic carboxylic acids is 1. The van der Waals surface area contributed by atoms with Crippen molar-refractivity contribution in [2.45, 2.75) is 13.0 Å². The molecule has 0 aliphatic rings. The Labute approximate surface area is 92.6 Å². The smallest absolute Gasteiger partial charge is 0.325 e. The van der Waals surface area contributed by atoms with E-state index < -0.39 is 17.9 Å². The molecule has 0 saturated heterocycles. The van der Waals surface area contributed by atoms with Crippen LogP contribution in [0, 0.1) is 0 Å². The van der Waals surface area contributed by atoms with Crippen LogP contribution in [-0.4, -0.2) is 32.8 Å². The van der Waals surface area contributed by atoms with E-state index in [0.717, 1.165) is 5.56 Å². The number of carbonyl (C=O) groups is 2. The molecule has 0 aliphatic heterocycles. The molecule has 1 aromatic rings. The lowest BCUT2D eigenvalue weighted by molar-refractivity contribution is -0.140. The first kappa shape index (κ1) is 12.0. The summed E-state index contributed by atoms with van der Waals surface area (Å²) in [7, 11) is 1.77. The zero-order valence-electron chi connectivity index (χ0n) is 9.04. The van der Waals surface area contributed by atoms with Crippen molar-refractivity contribution in [3.63, 3.8) is 0 Å². The van der Waals surface area contributed by atoms with Crippen LogP contribution < -0.4 is 5.32 Å². The van der Waals surface area contributed by atoms with Gasteiger partial charge in [0.05, 0.1) is 6.20 Å². The van der Waals surface area contributed by atoms with Gasteiger partial charge in [-0.25, -0.2) is 0 Å². The van der Waals surface area contributed by atoms with Gasteiger partial charge in [-0.1, -0.05) is 0 Å². The molecule has 0 fully saturated rings. The van der Waals surface area contributed by atoms with Gasteiger partial charge in [-0.15, -0.1) is 0 Å². The van der Waals surface area contributed by atoms with E-state index in [1.807, 2.05) is 0 Å². The Hall–Kier alpha value is -2.11. The van der Waals surface area contributed by atoms with Crippen LogP contribution in [0.2, 0.25) is 0 Å². The Kier molecular flexibility index (Phi) is 3.82. The zero-order chi connectivity index (χ0) is 12.1. The summed E-state index contributed by atoms with van der Waals surface area (Å²) in [6, 6.07) is -0.897. The minimum atomic E-state index is -1.07. The Morgan fingerprint density at radius 2 is 2.31 bits per heavy atom. The van der Waals surface area contributed by atoms with Crippen LogP contribution in [0.25, 0.3) is 6.08 Å². The maximum absolute atomic E-state index is 11.2. The van der Waals surface area contributed by atoms with Gasteiger partial charge in [0.1, 0.15) is 6.04 Å². The molecule has 0 unspecified atom stereocenters. The monoisotopic (exact) mass is 223 g/mol. The molecule has 0 radical (unpaired) electrons. The molecule has 0 spiro atoms. The first-order valence-electron chi connectivity index (χ1n) is 4.69. The number of carbonyl (C=O) groups excluding carboxylic acids is 1. The van der Waals surface area contributed by atoms with Gasteiger partial charge in [0.25, 0.3) is 0 Å². The summed E-state index contributed by atoms with van der Waals surface area (Å²) >= 11 is 0. The maximum Gasteiger partial charge on any atom is 0.325 e. The lowest BCUT2D eigenvalue weighted by Crippen LogP contribution is -2.37. The largest absolute Gasteiger partial charge is 0.480 e. The topological polar surface area (TPSA) is 84.2 Å². The minimum Gasteiger partial charge on any atom is -0.480 e. The highest BCUT2D eigenvalue weighted by Crippen LogP contribution is 1.98. The van der Waals surface area contributed by atoms with Gasteiger partial charge in [0, 0.05) is 24.9 Å². The molecule has 0 bridgehead atoms. The van der Waals surface area contributed by atoms with Gasteiger partial charge in [-0.3, -0.25) is 14.3 Å². The number of amides is 1. The molecular formula is C10H13N3O3. The first-order valence-corrected chi connectivity index (χ1v) is 4.69. The van der Waals surface area contributed by atoms with Gasteiger partial charge in [-0.2, -0.15) is 5.10 Å². The highest BCUT2D eigenvalue weighted by atomic mass is 16.4. The highest BCUT2D eigenvalue weighted by molar-refractivity contribution is 5.94. The molecule has 1 amide bonds. The Morgan fingerprint density at radius 3 is 2.81 bits per heavy atom. The molecule has 2 N–H and O–H groups in total. The zero-order valence-corrected chi connectivity index (χ0v) is 9.04. The number of carboxylic acid groups (broad SMARTS) is 1. The second-order valence-electron chi connectivity index (χ2n) is 3.35. The number of nitrogens with one attached hydrogen (secondary N) is 1. The predicted octanol–water partition coefficient (Wildman–Crippen LogP) is 0.0226. The molecule has 0 saturated carbocycles. The van der Waals surface area contributed by atoms with E-state index in [-0.39, 0.29) is 0 Å². The van der Waals surface area contributed by atoms with Crippen LogP contribution in [0.3, 0.4) is 0 Å². The van der Waals surface area contributed by atoms with Crippen molar-refractivity contribution in [1.82, 2.24) is 15.1 Å². The third-order valence-electron chi connectivity index (χ3n) is 1.88. The summed E-state index contributed by atoms with van der Waals surface area (Å²) in [6.45, 7) is 1.40. The minimum absolute atomic E-state index is 0.446. The highest BCUT2D eigenvalue weighted by Gasteiger charge is 2.11. The molecular weight excluding hydrogens is 210 g/mol. The standard InChI is InChI=1S/C10H13N3O3/c1-7(10(15)16)12-9(14)4-3-8-5-11-13(2)6-8/h3-7H,1-2H3,(H,12,14)(H,15,16)/b4-3+/t7-/m0/s1. The molecule has 1 heterocycles. The Balaban J connectivity index is 2.51. The molecule has 1 aromatic heterocycles. The molecule has 0 aliphatic carbocycles. The molecule has 6 heteroatoms. The fraction of sp³-hybridized carbons (Fsp3) is 0.300. The molecule has 6 nitrogen and oxygen atoms in total. The first-order chi connectivity index (χ1) is 7.49. The lowest BCUT2D eigenvalue weighted by Gasteiger charge is -2.05. The maximum atomic E-state index is 11.2. The van der Waals surface area contributed by atoms with E-state index in [0.29, 0.717) is 0 Å². The van der Waals surface area contributed by atoms with Crippen LogP contribution in [0.1, 0.15) is 12.5 Å². The number of aromatic nitrogens is 2. The van der Waals surface area contributed by atoms with Gasteiger partial charge >= 0.3 is 5.97 Å². The van der Waals surface area contributed by atoms with Crippen LogP contribution in [0.4, 0.5) is 0 Å². The number of hydrogen-bond acceptors (Lipinski definition) is 3. The molecule has 0 aromatic carbocycles. The Bertz CT molecular complexity index is 423. The number of aryl methyl sites for hydroxylation is 1. The van der Waals surface area contributed by atoms with E-state index >= 15 is 0 Å². The van der Waals surface area contributed by atoms with Crippen LogP contribution in [0.5, 0.6) is 0 Å². The van der Waals surface area contributed by atoms with Crippen molar-refractivity contribution in [2.24, 2.45) is 7.05 Å². The van der Waals surface area contributed by atoms with Crippen molar-refractivity contribution in [3.8, 4) is 0 Å². The van der Waals surface area contributed by atoms with Crippen molar-refractivity contribution in [1.29, 1.82) is 0 Å². The normalized spacial score (nSPS) is 12.6. The van der Waals surface area contributed by atoms with Gasteiger partial charge < -0.3 is 10.4 Å². The SMILES string of the molecule is C[C@H](NC(=O)/C=C/c1cnn(C)c1)C(=O)O. The van der Waals surface area contributed by atoms with Crippen molar-refractivity contribution < 1.29 is 14.7 Å². The number of hydrogen-bond donors (Lipinski definition) is 2. The van der Waals surface area contributed by atoms with E-state index in [2.05, 4.69) is 10.4 Å². The van der Waals surface area contributed by atoms with Crippen LogP contribution >= 0.6 is 0 Å². The molecule has 16 heavy (non-hydrogen) atoms. The fourth-order valence-electron chi connectivity index (χ4n) is 1.02. The summed E-state index contributed by atoms with van der Waals surface area (Å²) in [4.78, 5) is 21.7. The fourth-order valence-corrected chi connectivity index (χ4v) is 1.02. The van der Waals surface area contributed by atoms with Crippen LogP contribution in [0.15, 0.2) is 18.5 Å². The summed E-state index contributed by atoms with van der Waals surface area (Å²) in [5, 5.41) is 14.8. The predicted molar refractivity (Wildman–Crippen MR) is 57.5 cm³/mol. The summed E-state index contributed by atoms with van der Waals surface area (Å²) in [6.07, 6.45) is 6.18. The Morgan fingerprint density at radius 1 is 1.62 bits per heavy atom. The second-order valence-corrected chi connectivity index (χ2v) is 3.35. The molecule has 1 rings (SSSR count). The number of nitrogens with zero attached hydrogens (tertiary/aromatic N) is 2. The average molecular weight is 223 g/mol. The van der Waals surface area contributed by atoms with E-state index in [1.54, 1.807) is 30.2 Å². The van der Waals surface area contributed by atoms with Crippen molar-refractivity contribution >= 4 is 18.0 Å². The van der Waals surface area contributed by atoms with E-state index in [1.165, 1.54) is 13.0 Å².